The lowest BCUT2D eigenvalue weighted by Crippen LogP contribution is -2.41. The van der Waals surface area contributed by atoms with Crippen molar-refractivity contribution in [3.63, 3.8) is 0 Å². The van der Waals surface area contributed by atoms with E-state index in [1.165, 1.54) is 0 Å². The van der Waals surface area contributed by atoms with Gasteiger partial charge in [-0.15, -0.1) is 0 Å². The Morgan fingerprint density at radius 3 is 2.57 bits per heavy atom. The predicted molar refractivity (Wildman–Crippen MR) is 81.0 cm³/mol. The highest BCUT2D eigenvalue weighted by molar-refractivity contribution is 5.73. The first kappa shape index (κ1) is 17.5. The molecule has 21 heavy (non-hydrogen) atoms. The van der Waals surface area contributed by atoms with Crippen molar-refractivity contribution in [3.05, 3.63) is 17.0 Å². The molecule has 1 aromatic heterocycles. The molecule has 0 aliphatic heterocycles. The van der Waals surface area contributed by atoms with Crippen LogP contribution >= 0.6 is 0 Å². The second kappa shape index (κ2) is 8.67. The molecular formula is C15H27N3O3. The van der Waals surface area contributed by atoms with E-state index in [1.807, 2.05) is 27.7 Å². The summed E-state index contributed by atoms with van der Waals surface area (Å²) in [5, 5.41) is 19.3. The minimum atomic E-state index is -0.520. The average Bonchev–Trinajstić information content (AvgIpc) is 2.91. The minimum absolute atomic E-state index is 0.168. The number of nitrogens with zero attached hydrogens (tertiary/aromatic N) is 1. The molecule has 0 radical (unpaired) electrons. The van der Waals surface area contributed by atoms with Gasteiger partial charge in [-0.05, 0) is 12.3 Å². The van der Waals surface area contributed by atoms with Crippen molar-refractivity contribution in [1.29, 1.82) is 0 Å². The largest absolute Gasteiger partial charge is 0.391 e. The molecule has 120 valence electrons. The monoisotopic (exact) mass is 297 g/mol. The zero-order chi connectivity index (χ0) is 15.8. The summed E-state index contributed by atoms with van der Waals surface area (Å²) in [4.78, 5) is 11.8. The molecule has 0 aliphatic rings. The number of hydrogen-bond acceptors (Lipinski definition) is 4. The second-order valence-corrected chi connectivity index (χ2v) is 5.25. The lowest BCUT2D eigenvalue weighted by Gasteiger charge is -2.17. The summed E-state index contributed by atoms with van der Waals surface area (Å²) in [5.74, 6) is 0.980. The zero-order valence-electron chi connectivity index (χ0n) is 13.4. The van der Waals surface area contributed by atoms with Gasteiger partial charge in [-0.3, -0.25) is 0 Å². The van der Waals surface area contributed by atoms with Gasteiger partial charge in [0.05, 0.1) is 11.8 Å². The maximum absolute atomic E-state index is 11.8. The van der Waals surface area contributed by atoms with Crippen LogP contribution < -0.4 is 10.6 Å². The number of aromatic nitrogens is 1. The molecule has 0 fully saturated rings. The molecule has 2 atom stereocenters. The molecular weight excluding hydrogens is 270 g/mol. The molecule has 0 aliphatic carbocycles. The van der Waals surface area contributed by atoms with E-state index in [2.05, 4.69) is 15.8 Å². The molecule has 0 spiro atoms. The number of aryl methyl sites for hydroxylation is 2. The van der Waals surface area contributed by atoms with Crippen LogP contribution in [0.4, 0.5) is 4.79 Å². The van der Waals surface area contributed by atoms with Crippen LogP contribution in [0.25, 0.3) is 0 Å². The van der Waals surface area contributed by atoms with Crippen LogP contribution in [0.3, 0.4) is 0 Å². The van der Waals surface area contributed by atoms with Gasteiger partial charge in [-0.25, -0.2) is 4.79 Å². The minimum Gasteiger partial charge on any atom is -0.391 e. The second-order valence-electron chi connectivity index (χ2n) is 5.25. The first-order chi connectivity index (χ1) is 10.0. The number of carbonyl (C=O) groups excluding carboxylic acids is 1. The molecule has 2 unspecified atom stereocenters. The highest BCUT2D eigenvalue weighted by Crippen LogP contribution is 2.15. The van der Waals surface area contributed by atoms with Crippen molar-refractivity contribution in [2.24, 2.45) is 5.92 Å². The SMILES string of the molecule is CCc1noc(CC)c1CNC(=O)NCC(O)C(C)CC. The van der Waals surface area contributed by atoms with Crippen molar-refractivity contribution >= 4 is 6.03 Å². The number of amides is 2. The third kappa shape index (κ3) is 5.04. The Morgan fingerprint density at radius 2 is 2.00 bits per heavy atom. The fourth-order valence-electron chi connectivity index (χ4n) is 2.04. The quantitative estimate of drug-likeness (QED) is 0.685. The van der Waals surface area contributed by atoms with Crippen LogP contribution in [0.1, 0.15) is 51.1 Å². The number of aliphatic hydroxyl groups is 1. The summed E-state index contributed by atoms with van der Waals surface area (Å²) in [6, 6.07) is -0.289. The van der Waals surface area contributed by atoms with E-state index in [1.54, 1.807) is 0 Å². The number of urea groups is 1. The highest BCUT2D eigenvalue weighted by atomic mass is 16.5. The van der Waals surface area contributed by atoms with Gasteiger partial charge < -0.3 is 20.3 Å². The van der Waals surface area contributed by atoms with Crippen molar-refractivity contribution in [2.75, 3.05) is 6.54 Å². The Bertz CT molecular complexity index is 424. The van der Waals surface area contributed by atoms with E-state index < -0.39 is 6.10 Å². The van der Waals surface area contributed by atoms with Crippen molar-refractivity contribution in [1.82, 2.24) is 15.8 Å². The van der Waals surface area contributed by atoms with Gasteiger partial charge >= 0.3 is 6.03 Å². The normalized spacial score (nSPS) is 13.8. The van der Waals surface area contributed by atoms with Crippen LogP contribution in [0.5, 0.6) is 0 Å². The van der Waals surface area contributed by atoms with Crippen molar-refractivity contribution in [3.8, 4) is 0 Å². The molecule has 0 saturated heterocycles. The fraction of sp³-hybridized carbons (Fsp3) is 0.733. The van der Waals surface area contributed by atoms with Crippen LogP contribution in [0, 0.1) is 5.92 Å². The summed E-state index contributed by atoms with van der Waals surface area (Å²) < 4.78 is 5.25. The van der Waals surface area contributed by atoms with Gasteiger partial charge in [-0.2, -0.15) is 0 Å². The molecule has 0 saturated carbocycles. The molecule has 0 aromatic carbocycles. The van der Waals surface area contributed by atoms with E-state index >= 15 is 0 Å². The molecule has 6 heteroatoms. The fourth-order valence-corrected chi connectivity index (χ4v) is 2.04. The third-order valence-electron chi connectivity index (χ3n) is 3.81. The lowest BCUT2D eigenvalue weighted by atomic mass is 10.0. The van der Waals surface area contributed by atoms with Crippen LogP contribution in [-0.4, -0.2) is 28.9 Å². The molecule has 2 amide bonds. The molecule has 0 bridgehead atoms. The first-order valence-electron chi connectivity index (χ1n) is 7.69. The number of hydrogen-bond donors (Lipinski definition) is 3. The molecule has 1 rings (SSSR count). The summed E-state index contributed by atoms with van der Waals surface area (Å²) >= 11 is 0. The van der Waals surface area contributed by atoms with Gasteiger partial charge in [0.2, 0.25) is 0 Å². The van der Waals surface area contributed by atoms with Gasteiger partial charge in [0, 0.05) is 25.1 Å². The van der Waals surface area contributed by atoms with Gasteiger partial charge in [0.15, 0.2) is 0 Å². The van der Waals surface area contributed by atoms with Gasteiger partial charge in [0.1, 0.15) is 5.76 Å². The Hall–Kier alpha value is -1.56. The van der Waals surface area contributed by atoms with Crippen molar-refractivity contribution in [2.45, 2.75) is 59.6 Å². The highest BCUT2D eigenvalue weighted by Gasteiger charge is 2.16. The first-order valence-corrected chi connectivity index (χ1v) is 7.69. The predicted octanol–water partition coefficient (Wildman–Crippen LogP) is 2.01. The van der Waals surface area contributed by atoms with Crippen LogP contribution in [0.15, 0.2) is 4.52 Å². The van der Waals surface area contributed by atoms with Crippen molar-refractivity contribution < 1.29 is 14.4 Å². The number of rotatable bonds is 8. The maximum Gasteiger partial charge on any atom is 0.315 e. The third-order valence-corrected chi connectivity index (χ3v) is 3.81. The van der Waals surface area contributed by atoms with Crippen LogP contribution in [-0.2, 0) is 19.4 Å². The summed E-state index contributed by atoms with van der Waals surface area (Å²) in [6.45, 7) is 8.61. The average molecular weight is 297 g/mol. The van der Waals surface area contributed by atoms with E-state index in [4.69, 9.17) is 4.52 Å². The van der Waals surface area contributed by atoms with E-state index in [0.29, 0.717) is 6.54 Å². The Kier molecular flexibility index (Phi) is 7.22. The van der Waals surface area contributed by atoms with Gasteiger partial charge in [-0.1, -0.05) is 39.3 Å². The molecule has 1 aromatic rings. The summed E-state index contributed by atoms with van der Waals surface area (Å²) in [6.07, 6.45) is 1.88. The Balaban J connectivity index is 2.45. The maximum atomic E-state index is 11.8. The zero-order valence-corrected chi connectivity index (χ0v) is 13.4. The molecule has 6 nitrogen and oxygen atoms in total. The number of carbonyl (C=O) groups is 1. The standard InChI is InChI=1S/C15H27N3O3/c1-5-10(4)13(19)9-17-15(20)16-8-11-12(6-2)18-21-14(11)7-3/h10,13,19H,5-9H2,1-4H3,(H2,16,17,20). The number of aliphatic hydroxyl groups excluding tert-OH is 1. The van der Waals surface area contributed by atoms with E-state index in [9.17, 15) is 9.90 Å². The van der Waals surface area contributed by atoms with Crippen LogP contribution in [0.2, 0.25) is 0 Å². The van der Waals surface area contributed by atoms with E-state index in [-0.39, 0.29) is 18.5 Å². The Labute approximate surface area is 126 Å². The molecule has 1 heterocycles. The topological polar surface area (TPSA) is 87.4 Å². The van der Waals surface area contributed by atoms with E-state index in [0.717, 1.165) is 36.3 Å². The van der Waals surface area contributed by atoms with Gasteiger partial charge in [0.25, 0.3) is 0 Å². The Morgan fingerprint density at radius 1 is 1.29 bits per heavy atom. The summed E-state index contributed by atoms with van der Waals surface area (Å²) in [7, 11) is 0. The molecule has 3 N–H and O–H groups in total. The summed E-state index contributed by atoms with van der Waals surface area (Å²) in [5.41, 5.74) is 1.84. The lowest BCUT2D eigenvalue weighted by molar-refractivity contribution is 0.114. The smallest absolute Gasteiger partial charge is 0.315 e. The number of nitrogens with one attached hydrogen (secondary N) is 2.